The zero-order valence-electron chi connectivity index (χ0n) is 12.0. The van der Waals surface area contributed by atoms with Crippen LogP contribution in [0.5, 0.6) is 0 Å². The van der Waals surface area contributed by atoms with Gasteiger partial charge >= 0.3 is 0 Å². The van der Waals surface area contributed by atoms with Crippen LogP contribution in [-0.2, 0) is 6.54 Å². The number of nitrogens with zero attached hydrogens (tertiary/aromatic N) is 5. The van der Waals surface area contributed by atoms with Gasteiger partial charge in [0.2, 0.25) is 0 Å². The Hall–Kier alpha value is -3.20. The first-order valence-corrected chi connectivity index (χ1v) is 6.97. The second-order valence-corrected chi connectivity index (χ2v) is 4.88. The van der Waals surface area contributed by atoms with E-state index >= 15 is 0 Å². The molecule has 0 spiro atoms. The van der Waals surface area contributed by atoms with Crippen molar-refractivity contribution in [2.24, 2.45) is 0 Å². The van der Waals surface area contributed by atoms with E-state index in [0.717, 1.165) is 11.3 Å². The molecule has 4 rings (SSSR count). The van der Waals surface area contributed by atoms with Crippen LogP contribution in [0.1, 0.15) is 0 Å². The topological polar surface area (TPSA) is 118 Å². The Labute approximate surface area is 130 Å². The van der Waals surface area contributed by atoms with Gasteiger partial charge < -0.3 is 14.8 Å². The second-order valence-electron chi connectivity index (χ2n) is 4.88. The highest BCUT2D eigenvalue weighted by Gasteiger charge is 2.12. The lowest BCUT2D eigenvalue weighted by atomic mass is 10.3. The van der Waals surface area contributed by atoms with E-state index in [4.69, 9.17) is 9.52 Å². The summed E-state index contributed by atoms with van der Waals surface area (Å²) in [5.74, 6) is 1.13. The average molecular weight is 311 g/mol. The molecule has 0 fully saturated rings. The normalized spacial score (nSPS) is 11.2. The summed E-state index contributed by atoms with van der Waals surface area (Å²) in [7, 11) is 0. The number of rotatable bonds is 5. The lowest BCUT2D eigenvalue weighted by Crippen LogP contribution is -2.02. The van der Waals surface area contributed by atoms with Crippen LogP contribution in [0, 0.1) is 0 Å². The van der Waals surface area contributed by atoms with E-state index < -0.39 is 0 Å². The molecule has 4 aromatic rings. The van der Waals surface area contributed by atoms with Gasteiger partial charge in [-0.05, 0) is 6.07 Å². The predicted octanol–water partition coefficient (Wildman–Crippen LogP) is 1.55. The van der Waals surface area contributed by atoms with Crippen LogP contribution in [0.4, 0.5) is 11.5 Å². The largest absolute Gasteiger partial charge is 0.472 e. The maximum atomic E-state index is 8.95. The molecule has 0 aliphatic heterocycles. The number of nitrogens with one attached hydrogen (secondary N) is 2. The molecule has 0 saturated heterocycles. The molecule has 0 aliphatic carbocycles. The summed E-state index contributed by atoms with van der Waals surface area (Å²) in [6.45, 7) is 0.468. The molecule has 4 aromatic heterocycles. The van der Waals surface area contributed by atoms with E-state index in [1.165, 1.54) is 0 Å². The Morgan fingerprint density at radius 3 is 3.09 bits per heavy atom. The minimum Gasteiger partial charge on any atom is -0.472 e. The average Bonchev–Trinajstić information content (AvgIpc) is 3.29. The standard InChI is InChI=1S/C14H13N7O2/c22-3-2-21-7-10(5-16-21)17-14-12-11(6-15-20-12)18-13(19-14)9-1-4-23-8-9/h1,4-8,22H,2-3H2,(H,15,20)(H,17,18,19). The summed E-state index contributed by atoms with van der Waals surface area (Å²) in [4.78, 5) is 8.98. The summed E-state index contributed by atoms with van der Waals surface area (Å²) < 4.78 is 6.73. The third-order valence-corrected chi connectivity index (χ3v) is 3.30. The lowest BCUT2D eigenvalue weighted by Gasteiger charge is -2.05. The monoisotopic (exact) mass is 311 g/mol. The Morgan fingerprint density at radius 1 is 1.30 bits per heavy atom. The first-order chi connectivity index (χ1) is 11.3. The third kappa shape index (κ3) is 2.53. The van der Waals surface area contributed by atoms with Gasteiger partial charge in [-0.2, -0.15) is 10.2 Å². The molecule has 0 radical (unpaired) electrons. The molecule has 9 heteroatoms. The van der Waals surface area contributed by atoms with E-state index in [9.17, 15) is 0 Å². The molecule has 0 atom stereocenters. The number of H-pyrrole nitrogens is 1. The zero-order chi connectivity index (χ0) is 15.6. The molecule has 0 bridgehead atoms. The summed E-state index contributed by atoms with van der Waals surface area (Å²) in [5, 5.41) is 23.2. The maximum absolute atomic E-state index is 8.95. The Morgan fingerprint density at radius 2 is 2.26 bits per heavy atom. The minimum atomic E-state index is 0.0318. The van der Waals surface area contributed by atoms with Crippen molar-refractivity contribution in [1.29, 1.82) is 0 Å². The van der Waals surface area contributed by atoms with Crippen molar-refractivity contribution in [1.82, 2.24) is 29.9 Å². The van der Waals surface area contributed by atoms with Gasteiger partial charge in [0.15, 0.2) is 11.6 Å². The van der Waals surface area contributed by atoms with E-state index in [1.807, 2.05) is 0 Å². The van der Waals surface area contributed by atoms with Crippen LogP contribution in [0.25, 0.3) is 22.4 Å². The van der Waals surface area contributed by atoms with Gasteiger partial charge in [0.05, 0.1) is 43.1 Å². The number of aliphatic hydroxyl groups is 1. The fraction of sp³-hybridized carbons (Fsp3) is 0.143. The van der Waals surface area contributed by atoms with E-state index in [2.05, 4.69) is 30.6 Å². The highest BCUT2D eigenvalue weighted by Crippen LogP contribution is 2.25. The highest BCUT2D eigenvalue weighted by atomic mass is 16.3. The van der Waals surface area contributed by atoms with Gasteiger partial charge in [0.1, 0.15) is 17.3 Å². The molecule has 3 N–H and O–H groups in total. The van der Waals surface area contributed by atoms with E-state index in [-0.39, 0.29) is 6.61 Å². The molecule has 23 heavy (non-hydrogen) atoms. The van der Waals surface area contributed by atoms with Crippen molar-refractivity contribution in [3.63, 3.8) is 0 Å². The number of aliphatic hydroxyl groups excluding tert-OH is 1. The van der Waals surface area contributed by atoms with Gasteiger partial charge in [-0.3, -0.25) is 9.78 Å². The van der Waals surface area contributed by atoms with Gasteiger partial charge in [-0.15, -0.1) is 0 Å². The number of anilines is 2. The summed E-state index contributed by atoms with van der Waals surface area (Å²) in [6, 6.07) is 1.80. The molecular formula is C14H13N7O2. The van der Waals surface area contributed by atoms with Crippen molar-refractivity contribution in [3.05, 3.63) is 37.2 Å². The van der Waals surface area contributed by atoms with Crippen LogP contribution in [0.3, 0.4) is 0 Å². The molecule has 4 heterocycles. The number of furan rings is 1. The Bertz CT molecular complexity index is 926. The molecule has 0 amide bonds. The zero-order valence-corrected chi connectivity index (χ0v) is 12.0. The molecule has 0 saturated carbocycles. The molecule has 9 nitrogen and oxygen atoms in total. The molecule has 0 aliphatic rings. The summed E-state index contributed by atoms with van der Waals surface area (Å²) in [6.07, 6.45) is 8.26. The van der Waals surface area contributed by atoms with Crippen molar-refractivity contribution in [2.75, 3.05) is 11.9 Å². The lowest BCUT2D eigenvalue weighted by molar-refractivity contribution is 0.269. The van der Waals surface area contributed by atoms with Gasteiger partial charge in [-0.1, -0.05) is 0 Å². The first kappa shape index (κ1) is 13.5. The molecule has 116 valence electrons. The van der Waals surface area contributed by atoms with Gasteiger partial charge in [0.25, 0.3) is 0 Å². The van der Waals surface area contributed by atoms with Crippen LogP contribution in [-0.4, -0.2) is 41.7 Å². The second kappa shape index (κ2) is 5.54. The van der Waals surface area contributed by atoms with Crippen molar-refractivity contribution in [3.8, 4) is 11.4 Å². The van der Waals surface area contributed by atoms with Crippen molar-refractivity contribution in [2.45, 2.75) is 6.54 Å². The Balaban J connectivity index is 1.74. The number of fused-ring (bicyclic) bond motifs is 1. The van der Waals surface area contributed by atoms with Crippen LogP contribution in [0.2, 0.25) is 0 Å². The number of hydrogen-bond acceptors (Lipinski definition) is 7. The van der Waals surface area contributed by atoms with Crippen LogP contribution >= 0.6 is 0 Å². The SMILES string of the molecule is OCCn1cc(Nc2nc(-c3ccoc3)nc3cn[nH]c23)cn1. The van der Waals surface area contributed by atoms with E-state index in [0.29, 0.717) is 29.2 Å². The fourth-order valence-electron chi connectivity index (χ4n) is 2.24. The summed E-state index contributed by atoms with van der Waals surface area (Å²) in [5.41, 5.74) is 2.94. The molecule has 0 aromatic carbocycles. The maximum Gasteiger partial charge on any atom is 0.165 e. The van der Waals surface area contributed by atoms with E-state index in [1.54, 1.807) is 41.9 Å². The Kier molecular flexibility index (Phi) is 3.24. The minimum absolute atomic E-state index is 0.0318. The number of aromatic nitrogens is 6. The summed E-state index contributed by atoms with van der Waals surface area (Å²) >= 11 is 0. The third-order valence-electron chi connectivity index (χ3n) is 3.30. The smallest absolute Gasteiger partial charge is 0.165 e. The predicted molar refractivity (Wildman–Crippen MR) is 82.0 cm³/mol. The molecular weight excluding hydrogens is 298 g/mol. The fourth-order valence-corrected chi connectivity index (χ4v) is 2.24. The first-order valence-electron chi connectivity index (χ1n) is 6.97. The van der Waals surface area contributed by atoms with Crippen molar-refractivity contribution >= 4 is 22.5 Å². The molecule has 0 unspecified atom stereocenters. The number of aromatic amines is 1. The highest BCUT2D eigenvalue weighted by molar-refractivity contribution is 5.88. The van der Waals surface area contributed by atoms with Gasteiger partial charge in [0, 0.05) is 6.20 Å². The van der Waals surface area contributed by atoms with Crippen LogP contribution in [0.15, 0.2) is 41.6 Å². The quantitative estimate of drug-likeness (QED) is 0.511. The van der Waals surface area contributed by atoms with Crippen LogP contribution < -0.4 is 5.32 Å². The van der Waals surface area contributed by atoms with Crippen molar-refractivity contribution < 1.29 is 9.52 Å². The number of hydrogen-bond donors (Lipinski definition) is 3. The van der Waals surface area contributed by atoms with Gasteiger partial charge in [-0.25, -0.2) is 9.97 Å².